The Kier molecular flexibility index (Phi) is 11.6. The molecule has 1 atom stereocenters. The Morgan fingerprint density at radius 2 is 1.74 bits per heavy atom. The zero-order valence-electron chi connectivity index (χ0n) is 21.5. The lowest BCUT2D eigenvalue weighted by Crippen LogP contribution is -2.13. The first-order valence-corrected chi connectivity index (χ1v) is 15.7. The number of aryl methyl sites for hydroxylation is 1. The summed E-state index contributed by atoms with van der Waals surface area (Å²) < 4.78 is 59.1. The van der Waals surface area contributed by atoms with Crippen molar-refractivity contribution in [3.8, 4) is 5.69 Å². The van der Waals surface area contributed by atoms with E-state index in [2.05, 4.69) is 34.1 Å². The summed E-state index contributed by atoms with van der Waals surface area (Å²) in [5.41, 5.74) is 0.435. The Hall–Kier alpha value is -3.03. The third kappa shape index (κ3) is 8.33. The van der Waals surface area contributed by atoms with Gasteiger partial charge in [-0.05, 0) is 43.3 Å². The zero-order valence-corrected chi connectivity index (χ0v) is 24.8. The summed E-state index contributed by atoms with van der Waals surface area (Å²) in [6, 6.07) is 13.5. The number of aromatic amines is 1. The fourth-order valence-electron chi connectivity index (χ4n) is 3.59. The first kappa shape index (κ1) is 32.9. The van der Waals surface area contributed by atoms with Crippen molar-refractivity contribution in [3.63, 3.8) is 0 Å². The van der Waals surface area contributed by atoms with Crippen molar-refractivity contribution in [2.45, 2.75) is 21.6 Å². The van der Waals surface area contributed by atoms with Crippen molar-refractivity contribution in [2.75, 3.05) is 12.4 Å². The quantitative estimate of drug-likeness (QED) is 0.0332. The Bertz CT molecular complexity index is 1790. The molecule has 0 aliphatic carbocycles. The van der Waals surface area contributed by atoms with Crippen molar-refractivity contribution >= 4 is 67.4 Å². The molecular formula is C22H20N4O13S4. The molecule has 21 heteroatoms. The van der Waals surface area contributed by atoms with Crippen molar-refractivity contribution in [2.24, 2.45) is 10.2 Å². The van der Waals surface area contributed by atoms with Crippen LogP contribution in [0, 0.1) is 6.92 Å². The highest BCUT2D eigenvalue weighted by Gasteiger charge is 2.19. The maximum Gasteiger partial charge on any atom is 0.299 e. The van der Waals surface area contributed by atoms with Crippen LogP contribution >= 0.6 is 24.1 Å². The highest BCUT2D eigenvalue weighted by molar-refractivity contribution is 7.95. The lowest BCUT2D eigenvalue weighted by molar-refractivity contribution is -0.435. The topological polar surface area (TPSA) is 230 Å². The molecule has 4 aromatic rings. The number of fused-ring (bicyclic) bond motifs is 1. The molecular weight excluding hydrogens is 657 g/mol. The van der Waals surface area contributed by atoms with Gasteiger partial charge in [-0.25, -0.2) is 24.3 Å². The van der Waals surface area contributed by atoms with Crippen molar-refractivity contribution in [1.29, 1.82) is 0 Å². The second-order valence-electron chi connectivity index (χ2n) is 8.01. The molecule has 0 aliphatic heterocycles. The second kappa shape index (κ2) is 15.1. The summed E-state index contributed by atoms with van der Waals surface area (Å²) >= 11 is -0.540. The fourth-order valence-corrected chi connectivity index (χ4v) is 5.64. The van der Waals surface area contributed by atoms with Gasteiger partial charge in [-0.15, -0.1) is 18.9 Å². The smallest absolute Gasteiger partial charge is 0.293 e. The Labute approximate surface area is 252 Å². The molecule has 4 N–H and O–H groups in total. The first-order chi connectivity index (χ1) is 20.6. The van der Waals surface area contributed by atoms with Crippen molar-refractivity contribution < 1.29 is 55.7 Å². The van der Waals surface area contributed by atoms with Gasteiger partial charge < -0.3 is 0 Å². The van der Waals surface area contributed by atoms with Crippen LogP contribution in [0.5, 0.6) is 0 Å². The molecule has 0 radical (unpaired) electrons. The summed E-state index contributed by atoms with van der Waals surface area (Å²) in [5, 5.41) is 35.2. The van der Waals surface area contributed by atoms with Crippen LogP contribution in [-0.2, 0) is 49.2 Å². The van der Waals surface area contributed by atoms with E-state index in [-0.39, 0.29) is 44.3 Å². The number of hydrogen-bond donors (Lipinski definition) is 4. The number of rotatable bonds is 15. The van der Waals surface area contributed by atoms with E-state index in [1.54, 1.807) is 31.2 Å². The Balaban J connectivity index is 1.53. The summed E-state index contributed by atoms with van der Waals surface area (Å²) in [6.45, 7) is 1.51. The molecule has 230 valence electrons. The van der Waals surface area contributed by atoms with Crippen LogP contribution in [0.2, 0.25) is 0 Å². The maximum atomic E-state index is 13.2. The van der Waals surface area contributed by atoms with Crippen LogP contribution in [0.4, 0.5) is 11.4 Å². The van der Waals surface area contributed by atoms with Gasteiger partial charge in [-0.2, -0.15) is 12.8 Å². The predicted molar refractivity (Wildman–Crippen MR) is 150 cm³/mol. The number of azo groups is 1. The molecule has 1 aromatic heterocycles. The number of nitrogens with one attached hydrogen (secondary N) is 1. The number of H-pyrrole nitrogens is 1. The van der Waals surface area contributed by atoms with Crippen molar-refractivity contribution in [3.05, 3.63) is 70.6 Å². The van der Waals surface area contributed by atoms with Gasteiger partial charge in [0, 0.05) is 15.7 Å². The summed E-state index contributed by atoms with van der Waals surface area (Å²) in [5.74, 6) is -0.115. The molecule has 1 heterocycles. The van der Waals surface area contributed by atoms with Gasteiger partial charge in [0.2, 0.25) is 0 Å². The maximum absolute atomic E-state index is 13.2. The average Bonchev–Trinajstić information content (AvgIpc) is 3.27. The molecule has 3 aromatic carbocycles. The van der Waals surface area contributed by atoms with E-state index in [1.165, 1.54) is 35.0 Å². The van der Waals surface area contributed by atoms with E-state index in [1.807, 2.05) is 0 Å². The number of hydrogen-bond acceptors (Lipinski definition) is 16. The molecule has 0 saturated carbocycles. The van der Waals surface area contributed by atoms with E-state index < -0.39 is 26.8 Å². The number of benzene rings is 3. The average molecular weight is 677 g/mol. The second-order valence-corrected chi connectivity index (χ2v) is 12.0. The standard InChI is InChI=1S/C22H20N4O13S4/c1-13-20(22(27)26(25-13)14-5-7-15(8-6-14)40-37-34-11-12-42(30)39-36-29)24-23-18-10-9-16-17(21(18)41-38-35-28)3-2-4-19(16)43(31,32)33/h2-10,25,28-29H,11-12H2,1H3,(H,31,32,33). The molecule has 4 rings (SSSR count). The third-order valence-electron chi connectivity index (χ3n) is 5.39. The summed E-state index contributed by atoms with van der Waals surface area (Å²) in [6.07, 6.45) is 0. The lowest BCUT2D eigenvalue weighted by Gasteiger charge is -2.09. The van der Waals surface area contributed by atoms with E-state index >= 15 is 0 Å². The minimum absolute atomic E-state index is 0.0230. The minimum atomic E-state index is -4.56. The Morgan fingerprint density at radius 3 is 2.44 bits per heavy atom. The minimum Gasteiger partial charge on any atom is -0.293 e. The van der Waals surface area contributed by atoms with Crippen LogP contribution < -0.4 is 5.56 Å². The van der Waals surface area contributed by atoms with Gasteiger partial charge in [0.15, 0.2) is 16.8 Å². The monoisotopic (exact) mass is 676 g/mol. The highest BCUT2D eigenvalue weighted by Crippen LogP contribution is 2.39. The SMILES string of the molecule is Cc1[nH]n(-c2ccc(SOOCCS(=O)OOO)cc2)c(=O)c1N=Nc1ccc2c(S(=O)(=O)O)cccc2c1SOOO. The molecule has 0 spiro atoms. The molecule has 17 nitrogen and oxygen atoms in total. The predicted octanol–water partition coefficient (Wildman–Crippen LogP) is 4.76. The van der Waals surface area contributed by atoms with E-state index in [4.69, 9.17) is 19.7 Å². The third-order valence-corrected chi connectivity index (χ3v) is 8.37. The molecule has 0 fully saturated rings. The normalized spacial score (nSPS) is 12.8. The number of aromatic nitrogens is 2. The summed E-state index contributed by atoms with van der Waals surface area (Å²) in [7, 11) is -4.56. The molecule has 0 aliphatic rings. The lowest BCUT2D eigenvalue weighted by atomic mass is 10.1. The molecule has 0 bridgehead atoms. The number of nitrogens with zero attached hydrogens (tertiary/aromatic N) is 3. The summed E-state index contributed by atoms with van der Waals surface area (Å²) in [4.78, 5) is 18.4. The van der Waals surface area contributed by atoms with Crippen LogP contribution in [-0.4, -0.2) is 49.8 Å². The van der Waals surface area contributed by atoms with Gasteiger partial charge in [-0.3, -0.25) is 14.4 Å². The van der Waals surface area contributed by atoms with Gasteiger partial charge in [-0.1, -0.05) is 28.3 Å². The first-order valence-electron chi connectivity index (χ1n) is 11.5. The van der Waals surface area contributed by atoms with Gasteiger partial charge in [0.05, 0.1) is 52.7 Å². The highest BCUT2D eigenvalue weighted by atomic mass is 32.2. The van der Waals surface area contributed by atoms with E-state index in [0.29, 0.717) is 28.3 Å². The van der Waals surface area contributed by atoms with Gasteiger partial charge in [0.25, 0.3) is 15.7 Å². The van der Waals surface area contributed by atoms with Crippen LogP contribution in [0.3, 0.4) is 0 Å². The van der Waals surface area contributed by atoms with Crippen LogP contribution in [0.15, 0.2) is 84.3 Å². The van der Waals surface area contributed by atoms with E-state index in [0.717, 1.165) is 12.0 Å². The molecule has 43 heavy (non-hydrogen) atoms. The largest absolute Gasteiger partial charge is 0.299 e. The molecule has 0 amide bonds. The van der Waals surface area contributed by atoms with Crippen molar-refractivity contribution in [1.82, 2.24) is 9.78 Å². The Morgan fingerprint density at radius 1 is 0.977 bits per heavy atom. The van der Waals surface area contributed by atoms with Gasteiger partial charge in [0.1, 0.15) is 10.6 Å². The van der Waals surface area contributed by atoms with Crippen LogP contribution in [0.1, 0.15) is 5.69 Å². The zero-order chi connectivity index (χ0) is 31.0. The molecule has 1 unspecified atom stereocenters. The molecule has 0 saturated heterocycles. The van der Waals surface area contributed by atoms with E-state index in [9.17, 15) is 22.0 Å². The van der Waals surface area contributed by atoms with Gasteiger partial charge >= 0.3 is 0 Å². The fraction of sp³-hybridized carbons (Fsp3) is 0.136. The van der Waals surface area contributed by atoms with Crippen LogP contribution in [0.25, 0.3) is 16.5 Å².